The van der Waals surface area contributed by atoms with Crippen LogP contribution < -0.4 is 10.6 Å². The van der Waals surface area contributed by atoms with E-state index in [0.717, 1.165) is 24.4 Å². The summed E-state index contributed by atoms with van der Waals surface area (Å²) in [4.78, 5) is 6.84. The number of sulfone groups is 1. The summed E-state index contributed by atoms with van der Waals surface area (Å²) in [5.41, 5.74) is 0. The van der Waals surface area contributed by atoms with E-state index in [1.54, 1.807) is 17.5 Å². The van der Waals surface area contributed by atoms with Crippen molar-refractivity contribution in [1.29, 1.82) is 0 Å². The monoisotopic (exact) mass is 416 g/mol. The van der Waals surface area contributed by atoms with E-state index in [-0.39, 0.29) is 22.5 Å². The molecule has 1 aliphatic rings. The van der Waals surface area contributed by atoms with Gasteiger partial charge in [-0.15, -0.1) is 11.3 Å². The summed E-state index contributed by atoms with van der Waals surface area (Å²) in [5.74, 6) is 0.783. The molecule has 3 unspecified atom stereocenters. The van der Waals surface area contributed by atoms with Crippen LogP contribution in [0, 0.1) is 5.92 Å². The van der Waals surface area contributed by atoms with Crippen LogP contribution in [0.5, 0.6) is 0 Å². The van der Waals surface area contributed by atoms with Crippen molar-refractivity contribution in [3.05, 3.63) is 17.5 Å². The second kappa shape index (κ2) is 9.86. The average molecular weight is 417 g/mol. The van der Waals surface area contributed by atoms with Gasteiger partial charge in [-0.2, -0.15) is 0 Å². The summed E-state index contributed by atoms with van der Waals surface area (Å²) in [7, 11) is -3.47. The van der Waals surface area contributed by atoms with Crippen LogP contribution in [-0.2, 0) is 9.84 Å². The van der Waals surface area contributed by atoms with Crippen LogP contribution in [0.25, 0.3) is 0 Å². The minimum Gasteiger partial charge on any atom is -0.390 e. The number of aliphatic imine (C=N–C) groups is 1. The van der Waals surface area contributed by atoms with Gasteiger partial charge in [-0.05, 0) is 38.1 Å². The molecule has 3 atom stereocenters. The van der Waals surface area contributed by atoms with Crippen molar-refractivity contribution in [3.8, 4) is 0 Å². The summed E-state index contributed by atoms with van der Waals surface area (Å²) in [6.45, 7) is 11.3. The molecule has 7 nitrogen and oxygen atoms in total. The summed E-state index contributed by atoms with van der Waals surface area (Å²) >= 11 is 1.16. The normalized spacial score (nSPS) is 23.0. The number of guanidine groups is 1. The van der Waals surface area contributed by atoms with Gasteiger partial charge in [-0.25, -0.2) is 8.42 Å². The Hall–Kier alpha value is -1.16. The van der Waals surface area contributed by atoms with Gasteiger partial charge in [-0.3, -0.25) is 9.89 Å². The highest BCUT2D eigenvalue weighted by atomic mass is 32.2. The molecule has 0 aliphatic carbocycles. The number of aliphatic hydroxyl groups excluding tert-OH is 1. The minimum absolute atomic E-state index is 0.0366. The predicted octanol–water partition coefficient (Wildman–Crippen LogP) is 1.17. The van der Waals surface area contributed by atoms with Gasteiger partial charge in [0.05, 0.1) is 18.4 Å². The summed E-state index contributed by atoms with van der Waals surface area (Å²) < 4.78 is 24.8. The molecular formula is C18H32N4O3S2. The first-order valence-corrected chi connectivity index (χ1v) is 12.0. The molecule has 2 heterocycles. The van der Waals surface area contributed by atoms with Gasteiger partial charge in [0.1, 0.15) is 4.21 Å². The van der Waals surface area contributed by atoms with Crippen LogP contribution in [-0.4, -0.2) is 74.5 Å². The molecule has 0 spiro atoms. The van der Waals surface area contributed by atoms with Crippen molar-refractivity contribution in [2.75, 3.05) is 31.9 Å². The quantitative estimate of drug-likeness (QED) is 0.435. The van der Waals surface area contributed by atoms with E-state index < -0.39 is 15.9 Å². The van der Waals surface area contributed by atoms with Crippen LogP contribution in [0.15, 0.2) is 26.7 Å². The lowest BCUT2D eigenvalue weighted by molar-refractivity contribution is 0.206. The number of hydrogen-bond acceptors (Lipinski definition) is 6. The Balaban J connectivity index is 1.94. The first-order valence-electron chi connectivity index (χ1n) is 9.46. The van der Waals surface area contributed by atoms with Crippen molar-refractivity contribution in [3.63, 3.8) is 0 Å². The molecule has 154 valence electrons. The Morgan fingerprint density at radius 3 is 2.74 bits per heavy atom. The number of hydrogen-bond donors (Lipinski definition) is 3. The van der Waals surface area contributed by atoms with Gasteiger partial charge in [-0.1, -0.05) is 13.0 Å². The van der Waals surface area contributed by atoms with Crippen LogP contribution in [0.2, 0.25) is 0 Å². The standard InChI is InChI=1S/C18H32N4O3S2/c1-5-19-18(21-16-11-22(13(2)3)10-14(16)4)20-9-15(23)12-27(24,25)17-7-6-8-26-17/h6-8,13-16,23H,5,9-12H2,1-4H3,(H2,19,20,21). The van der Waals surface area contributed by atoms with Crippen molar-refractivity contribution in [1.82, 2.24) is 15.5 Å². The van der Waals surface area contributed by atoms with E-state index in [0.29, 0.717) is 24.5 Å². The van der Waals surface area contributed by atoms with Gasteiger partial charge >= 0.3 is 0 Å². The fourth-order valence-corrected chi connectivity index (χ4v) is 5.60. The molecule has 2 rings (SSSR count). The minimum atomic E-state index is -3.47. The van der Waals surface area contributed by atoms with Crippen molar-refractivity contribution < 1.29 is 13.5 Å². The molecular weight excluding hydrogens is 384 g/mol. The zero-order valence-electron chi connectivity index (χ0n) is 16.6. The maximum Gasteiger partial charge on any atom is 0.191 e. The Morgan fingerprint density at radius 2 is 2.19 bits per heavy atom. The molecule has 1 aromatic heterocycles. The molecule has 1 aromatic rings. The topological polar surface area (TPSA) is 94.0 Å². The smallest absolute Gasteiger partial charge is 0.191 e. The Bertz CT molecular complexity index is 704. The van der Waals surface area contributed by atoms with Crippen molar-refractivity contribution in [2.24, 2.45) is 10.9 Å². The van der Waals surface area contributed by atoms with Crippen LogP contribution in [0.3, 0.4) is 0 Å². The molecule has 0 bridgehead atoms. The highest BCUT2D eigenvalue weighted by molar-refractivity contribution is 7.93. The van der Waals surface area contributed by atoms with Crippen LogP contribution in [0.4, 0.5) is 0 Å². The first kappa shape index (κ1) is 22.1. The molecule has 0 radical (unpaired) electrons. The molecule has 1 saturated heterocycles. The third-order valence-electron chi connectivity index (χ3n) is 4.71. The average Bonchev–Trinajstić information content (AvgIpc) is 3.23. The highest BCUT2D eigenvalue weighted by Crippen LogP contribution is 2.19. The third-order valence-corrected chi connectivity index (χ3v) is 8.00. The molecule has 0 amide bonds. The third kappa shape index (κ3) is 6.44. The second-order valence-electron chi connectivity index (χ2n) is 7.36. The number of likely N-dealkylation sites (tertiary alicyclic amines) is 1. The number of nitrogens with zero attached hydrogens (tertiary/aromatic N) is 2. The molecule has 3 N–H and O–H groups in total. The van der Waals surface area contributed by atoms with E-state index in [9.17, 15) is 13.5 Å². The van der Waals surface area contributed by atoms with E-state index in [2.05, 4.69) is 41.3 Å². The molecule has 0 saturated carbocycles. The van der Waals surface area contributed by atoms with E-state index >= 15 is 0 Å². The van der Waals surface area contributed by atoms with Gasteiger partial charge in [0, 0.05) is 31.7 Å². The SMILES string of the molecule is CCNC(=NCC(O)CS(=O)(=O)c1cccs1)NC1CN(C(C)C)CC1C. The van der Waals surface area contributed by atoms with Crippen LogP contribution in [0.1, 0.15) is 27.7 Å². The van der Waals surface area contributed by atoms with E-state index in [1.165, 1.54) is 0 Å². The number of aliphatic hydroxyl groups is 1. The van der Waals surface area contributed by atoms with Crippen LogP contribution >= 0.6 is 11.3 Å². The molecule has 9 heteroatoms. The largest absolute Gasteiger partial charge is 0.390 e. The predicted molar refractivity (Wildman–Crippen MR) is 111 cm³/mol. The molecule has 1 fully saturated rings. The summed E-state index contributed by atoms with van der Waals surface area (Å²) in [5, 5.41) is 18.5. The number of rotatable bonds is 8. The Labute approximate surface area is 166 Å². The highest BCUT2D eigenvalue weighted by Gasteiger charge is 2.31. The lowest BCUT2D eigenvalue weighted by Crippen LogP contribution is -2.47. The van der Waals surface area contributed by atoms with Crippen molar-refractivity contribution in [2.45, 2.75) is 50.1 Å². The first-order chi connectivity index (χ1) is 12.7. The zero-order chi connectivity index (χ0) is 20.0. The Morgan fingerprint density at radius 1 is 1.44 bits per heavy atom. The van der Waals surface area contributed by atoms with Gasteiger partial charge in [0.15, 0.2) is 15.8 Å². The molecule has 1 aliphatic heterocycles. The lowest BCUT2D eigenvalue weighted by Gasteiger charge is -2.22. The maximum absolute atomic E-state index is 12.3. The maximum atomic E-state index is 12.3. The van der Waals surface area contributed by atoms with E-state index in [1.807, 2.05) is 6.92 Å². The fourth-order valence-electron chi connectivity index (χ4n) is 3.13. The summed E-state index contributed by atoms with van der Waals surface area (Å²) in [6, 6.07) is 4.03. The molecule has 27 heavy (non-hydrogen) atoms. The zero-order valence-corrected chi connectivity index (χ0v) is 18.2. The fraction of sp³-hybridized carbons (Fsp3) is 0.722. The Kier molecular flexibility index (Phi) is 8.08. The number of nitrogens with one attached hydrogen (secondary N) is 2. The number of thiophene rings is 1. The summed E-state index contributed by atoms with van der Waals surface area (Å²) in [6.07, 6.45) is -1.04. The second-order valence-corrected chi connectivity index (χ2v) is 10.6. The van der Waals surface area contributed by atoms with Gasteiger partial charge < -0.3 is 15.7 Å². The van der Waals surface area contributed by atoms with Gasteiger partial charge in [0.2, 0.25) is 0 Å². The van der Waals surface area contributed by atoms with Gasteiger partial charge in [0.25, 0.3) is 0 Å². The van der Waals surface area contributed by atoms with E-state index in [4.69, 9.17) is 0 Å². The van der Waals surface area contributed by atoms with Crippen molar-refractivity contribution >= 4 is 27.1 Å². The molecule has 0 aromatic carbocycles. The lowest BCUT2D eigenvalue weighted by atomic mass is 10.1.